The van der Waals surface area contributed by atoms with Crippen molar-refractivity contribution >= 4 is 7.82 Å². The van der Waals surface area contributed by atoms with Gasteiger partial charge >= 0.3 is 7.82 Å². The third kappa shape index (κ3) is 27.9. The highest BCUT2D eigenvalue weighted by atomic mass is 31.2. The van der Waals surface area contributed by atoms with Crippen LogP contribution in [0.5, 0.6) is 0 Å². The molecule has 0 aliphatic rings. The van der Waals surface area contributed by atoms with E-state index in [1.807, 2.05) is 0 Å². The number of phosphoric acid groups is 1. The topological polar surface area (TPSA) is 168 Å². The molecule has 0 aliphatic heterocycles. The summed E-state index contributed by atoms with van der Waals surface area (Å²) >= 11 is 0. The van der Waals surface area contributed by atoms with Gasteiger partial charge < -0.3 is 35.3 Å². The molecular weight excluding hydrogens is 439 g/mol. The average Bonchev–Trinajstić information content (AvgIpc) is 2.76. The molecule has 0 spiro atoms. The van der Waals surface area contributed by atoms with Gasteiger partial charge in [-0.1, -0.05) is 96.8 Å². The third-order valence-corrected chi connectivity index (χ3v) is 5.62. The summed E-state index contributed by atoms with van der Waals surface area (Å²) < 4.78 is 14.7. The molecule has 0 rings (SSSR count). The van der Waals surface area contributed by atoms with E-state index in [4.69, 9.17) is 25.1 Å². The van der Waals surface area contributed by atoms with Crippen molar-refractivity contribution in [3.8, 4) is 0 Å². The van der Waals surface area contributed by atoms with Crippen LogP contribution in [-0.4, -0.2) is 73.5 Å². The monoisotopic (exact) mass is 488 g/mol. The van der Waals surface area contributed by atoms with Gasteiger partial charge in [0.2, 0.25) is 0 Å². The minimum absolute atomic E-state index is 0.365. The number of aliphatic hydroxyl groups excluding tert-OH is 5. The Hall–Kier alpha value is -0.0900. The maximum atomic E-state index is 10.5. The zero-order valence-corrected chi connectivity index (χ0v) is 20.7. The highest BCUT2D eigenvalue weighted by Crippen LogP contribution is 2.35. The van der Waals surface area contributed by atoms with E-state index in [1.54, 1.807) is 0 Å². The van der Waals surface area contributed by atoms with Crippen molar-refractivity contribution in [3.63, 3.8) is 0 Å². The summed E-state index contributed by atoms with van der Waals surface area (Å²) in [4.78, 5) is 17.1. The fraction of sp³-hybridized carbons (Fsp3) is 1.00. The van der Waals surface area contributed by atoms with E-state index < -0.39 is 32.7 Å². The van der Waals surface area contributed by atoms with Crippen LogP contribution in [0.2, 0.25) is 0 Å². The lowest BCUT2D eigenvalue weighted by Crippen LogP contribution is -2.30. The number of unbranched alkanes of at least 4 members (excludes halogenated alkanes) is 13. The number of aliphatic hydroxyl groups is 5. The van der Waals surface area contributed by atoms with E-state index in [-0.39, 0.29) is 13.2 Å². The lowest BCUT2D eigenvalue weighted by atomic mass is 10.0. The molecule has 0 aromatic heterocycles. The van der Waals surface area contributed by atoms with Crippen LogP contribution in [0.4, 0.5) is 0 Å². The highest BCUT2D eigenvalue weighted by Gasteiger charge is 2.21. The van der Waals surface area contributed by atoms with Crippen LogP contribution in [0.15, 0.2) is 0 Å². The largest absolute Gasteiger partial charge is 0.469 e. The van der Waals surface area contributed by atoms with Gasteiger partial charge in [-0.25, -0.2) is 4.57 Å². The Morgan fingerprint density at radius 3 is 1.34 bits per heavy atom. The van der Waals surface area contributed by atoms with Crippen molar-refractivity contribution in [1.82, 2.24) is 0 Å². The van der Waals surface area contributed by atoms with E-state index in [2.05, 4.69) is 11.4 Å². The third-order valence-electron chi connectivity index (χ3n) is 5.13. The van der Waals surface area contributed by atoms with Crippen LogP contribution >= 0.6 is 7.82 Å². The number of hydrogen-bond acceptors (Lipinski definition) is 7. The van der Waals surface area contributed by atoms with Gasteiger partial charge in [0.25, 0.3) is 0 Å². The fourth-order valence-corrected chi connectivity index (χ4v) is 3.43. The molecule has 0 saturated heterocycles. The minimum Gasteiger partial charge on any atom is -0.394 e. The smallest absolute Gasteiger partial charge is 0.394 e. The molecule has 0 aromatic rings. The summed E-state index contributed by atoms with van der Waals surface area (Å²) in [7, 11) is -4.59. The number of phosphoric ester groups is 1. The van der Waals surface area contributed by atoms with Gasteiger partial charge in [0.05, 0.1) is 25.9 Å². The second-order valence-electron chi connectivity index (χ2n) is 8.32. The SMILES string of the molecule is CCCCCCCCCCCCCCCCC(O)[C@@H](O)COP(=O)(O)O.OCC(O)CO. The van der Waals surface area contributed by atoms with Crippen molar-refractivity contribution in [1.29, 1.82) is 0 Å². The quantitative estimate of drug-likeness (QED) is 0.0948. The predicted molar refractivity (Wildman–Crippen MR) is 125 cm³/mol. The van der Waals surface area contributed by atoms with Gasteiger partial charge in [0.1, 0.15) is 12.2 Å². The zero-order valence-electron chi connectivity index (χ0n) is 19.9. The van der Waals surface area contributed by atoms with Crippen molar-refractivity contribution in [3.05, 3.63) is 0 Å². The summed E-state index contributed by atoms with van der Waals surface area (Å²) in [6.07, 6.45) is 14.8. The average molecular weight is 489 g/mol. The Balaban J connectivity index is 0. The van der Waals surface area contributed by atoms with Crippen LogP contribution in [0.3, 0.4) is 0 Å². The molecule has 0 aromatic carbocycles. The number of rotatable bonds is 21. The maximum Gasteiger partial charge on any atom is 0.469 e. The first-order valence-corrected chi connectivity index (χ1v) is 13.7. The molecule has 0 amide bonds. The first-order valence-electron chi connectivity index (χ1n) is 12.1. The van der Waals surface area contributed by atoms with E-state index in [1.165, 1.54) is 70.6 Å². The van der Waals surface area contributed by atoms with Crippen LogP contribution in [-0.2, 0) is 9.09 Å². The molecule has 10 heteroatoms. The van der Waals surface area contributed by atoms with E-state index in [0.29, 0.717) is 6.42 Å². The Morgan fingerprint density at radius 2 is 1.03 bits per heavy atom. The summed E-state index contributed by atoms with van der Waals surface area (Å²) in [5.41, 5.74) is 0. The molecule has 32 heavy (non-hydrogen) atoms. The van der Waals surface area contributed by atoms with Crippen LogP contribution in [0, 0.1) is 0 Å². The van der Waals surface area contributed by atoms with Crippen LogP contribution in [0.25, 0.3) is 0 Å². The summed E-state index contributed by atoms with van der Waals surface area (Å²) in [5.74, 6) is 0. The Bertz CT molecular complexity index is 416. The molecule has 196 valence electrons. The summed E-state index contributed by atoms with van der Waals surface area (Å²) in [6, 6.07) is 0. The molecule has 0 radical (unpaired) electrons. The zero-order chi connectivity index (χ0) is 24.7. The summed E-state index contributed by atoms with van der Waals surface area (Å²) in [6.45, 7) is 0.966. The minimum atomic E-state index is -4.59. The molecule has 0 bridgehead atoms. The van der Waals surface area contributed by atoms with Crippen molar-refractivity contribution < 1.29 is 44.4 Å². The van der Waals surface area contributed by atoms with Crippen molar-refractivity contribution in [2.45, 2.75) is 122 Å². The van der Waals surface area contributed by atoms with Gasteiger partial charge in [0, 0.05) is 0 Å². The van der Waals surface area contributed by atoms with Gasteiger partial charge in [-0.3, -0.25) is 4.52 Å². The van der Waals surface area contributed by atoms with E-state index >= 15 is 0 Å². The molecule has 2 atom stereocenters. The molecule has 0 aliphatic carbocycles. The Morgan fingerprint density at radius 1 is 0.656 bits per heavy atom. The van der Waals surface area contributed by atoms with Gasteiger partial charge in [-0.15, -0.1) is 0 Å². The second kappa shape index (κ2) is 24.0. The lowest BCUT2D eigenvalue weighted by Gasteiger charge is -2.17. The molecule has 7 N–H and O–H groups in total. The normalized spacial score (nSPS) is 13.7. The van der Waals surface area contributed by atoms with Crippen molar-refractivity contribution in [2.24, 2.45) is 0 Å². The van der Waals surface area contributed by atoms with Gasteiger partial charge in [-0.2, -0.15) is 0 Å². The fourth-order valence-electron chi connectivity index (χ4n) is 3.08. The van der Waals surface area contributed by atoms with Crippen molar-refractivity contribution in [2.75, 3.05) is 19.8 Å². The van der Waals surface area contributed by atoms with Crippen LogP contribution in [0.1, 0.15) is 103 Å². The highest BCUT2D eigenvalue weighted by molar-refractivity contribution is 7.46. The standard InChI is InChI=1S/C19H41O6P.C3H8O3/c1-2-3-4-5-6-7-8-9-10-11-12-13-14-15-16-18(20)19(21)17-25-26(22,23)24;4-1-3(6)2-5/h18-21H,2-17H2,1H3,(H2,22,23,24);3-6H,1-2H2/t18?,19-;/m0./s1. The predicted octanol–water partition coefficient (Wildman–Crippen LogP) is 3.02. The van der Waals surface area contributed by atoms with E-state index in [9.17, 15) is 14.8 Å². The maximum absolute atomic E-state index is 10.5. The van der Waals surface area contributed by atoms with E-state index in [0.717, 1.165) is 19.3 Å². The molecule has 0 saturated carbocycles. The Kier molecular flexibility index (Phi) is 25.6. The molecular formula is C22H49O9P. The van der Waals surface area contributed by atoms with Gasteiger partial charge in [0.15, 0.2) is 0 Å². The molecule has 1 unspecified atom stereocenters. The molecule has 0 fully saturated rings. The molecule has 9 nitrogen and oxygen atoms in total. The second-order valence-corrected chi connectivity index (χ2v) is 9.56. The first kappa shape index (κ1) is 34.1. The first-order chi connectivity index (χ1) is 15.2. The number of hydrogen-bond donors (Lipinski definition) is 7. The molecule has 0 heterocycles. The lowest BCUT2D eigenvalue weighted by molar-refractivity contribution is -0.0182. The van der Waals surface area contributed by atoms with Gasteiger partial charge in [-0.05, 0) is 6.42 Å². The van der Waals surface area contributed by atoms with Crippen LogP contribution < -0.4 is 0 Å². The Labute approximate surface area is 194 Å². The summed E-state index contributed by atoms with van der Waals surface area (Å²) in [5, 5.41) is 43.3.